The number of hydrogen-bond acceptors (Lipinski definition) is 7. The summed E-state index contributed by atoms with van der Waals surface area (Å²) in [7, 11) is 0. The van der Waals surface area contributed by atoms with Gasteiger partial charge in [0, 0.05) is 25.0 Å². The average molecular weight is 452 g/mol. The highest BCUT2D eigenvalue weighted by Gasteiger charge is 2.54. The van der Waals surface area contributed by atoms with Gasteiger partial charge in [-0.25, -0.2) is 14.4 Å². The zero-order valence-electron chi connectivity index (χ0n) is 17.6. The van der Waals surface area contributed by atoms with Gasteiger partial charge < -0.3 is 24.8 Å². The number of aliphatic hydroxyl groups excluding tert-OH is 2. The molecule has 8 heteroatoms. The fourth-order valence-electron chi connectivity index (χ4n) is 3.52. The molecule has 172 valence electrons. The minimum atomic E-state index is -2.18. The fourth-order valence-corrected chi connectivity index (χ4v) is 3.52. The minimum absolute atomic E-state index is 0.517. The van der Waals surface area contributed by atoms with Crippen LogP contribution in [0, 0.1) is 0 Å². The highest BCUT2D eigenvalue weighted by atomic mass is 16.6. The molecule has 0 amide bonds. The van der Waals surface area contributed by atoms with Crippen LogP contribution < -0.4 is 0 Å². The van der Waals surface area contributed by atoms with Crippen molar-refractivity contribution in [2.24, 2.45) is 0 Å². The Labute approximate surface area is 190 Å². The van der Waals surface area contributed by atoms with E-state index in [-0.39, 0.29) is 0 Å². The van der Waals surface area contributed by atoms with Crippen LogP contribution in [0.25, 0.3) is 12.2 Å². The SMILES string of the molecule is O=C(/C=C/c1ccccc1)OC1CC(OC(=O)/C=C/c2ccccc2)(C(=O)O)CC(O)C1O. The van der Waals surface area contributed by atoms with E-state index in [0.29, 0.717) is 5.56 Å². The van der Waals surface area contributed by atoms with Gasteiger partial charge in [0.05, 0.1) is 6.10 Å². The van der Waals surface area contributed by atoms with Gasteiger partial charge in [-0.2, -0.15) is 0 Å². The molecule has 0 saturated heterocycles. The lowest BCUT2D eigenvalue weighted by Crippen LogP contribution is -2.58. The Morgan fingerprint density at radius 1 is 0.818 bits per heavy atom. The summed E-state index contributed by atoms with van der Waals surface area (Å²) in [5.41, 5.74) is -0.738. The van der Waals surface area contributed by atoms with Crippen molar-refractivity contribution in [2.75, 3.05) is 0 Å². The molecule has 0 heterocycles. The number of benzene rings is 2. The maximum atomic E-state index is 12.3. The lowest BCUT2D eigenvalue weighted by molar-refractivity contribution is -0.207. The number of aliphatic carboxylic acids is 1. The molecular formula is C25H24O8. The van der Waals surface area contributed by atoms with Crippen molar-refractivity contribution < 1.29 is 39.2 Å². The molecule has 1 aliphatic rings. The number of aliphatic hydroxyl groups is 2. The van der Waals surface area contributed by atoms with E-state index < -0.39 is 54.7 Å². The van der Waals surface area contributed by atoms with Gasteiger partial charge in [-0.3, -0.25) is 0 Å². The summed E-state index contributed by atoms with van der Waals surface area (Å²) in [4.78, 5) is 36.6. The van der Waals surface area contributed by atoms with Crippen molar-refractivity contribution in [1.82, 2.24) is 0 Å². The molecule has 33 heavy (non-hydrogen) atoms. The molecule has 3 rings (SSSR count). The average Bonchev–Trinajstić information content (AvgIpc) is 2.81. The van der Waals surface area contributed by atoms with E-state index in [9.17, 15) is 29.7 Å². The van der Waals surface area contributed by atoms with Gasteiger partial charge in [-0.1, -0.05) is 60.7 Å². The molecule has 0 aromatic heterocycles. The van der Waals surface area contributed by atoms with Crippen molar-refractivity contribution in [3.05, 3.63) is 83.9 Å². The van der Waals surface area contributed by atoms with Crippen LogP contribution in [0.15, 0.2) is 72.8 Å². The van der Waals surface area contributed by atoms with Gasteiger partial charge in [-0.05, 0) is 23.3 Å². The van der Waals surface area contributed by atoms with E-state index in [2.05, 4.69) is 0 Å². The molecule has 0 radical (unpaired) electrons. The lowest BCUT2D eigenvalue weighted by atomic mass is 9.79. The van der Waals surface area contributed by atoms with Crippen molar-refractivity contribution in [1.29, 1.82) is 0 Å². The van der Waals surface area contributed by atoms with Crippen LogP contribution in [0.5, 0.6) is 0 Å². The number of carbonyl (C=O) groups excluding carboxylic acids is 2. The monoisotopic (exact) mass is 452 g/mol. The van der Waals surface area contributed by atoms with E-state index in [0.717, 1.165) is 17.7 Å². The van der Waals surface area contributed by atoms with Crippen molar-refractivity contribution >= 4 is 30.1 Å². The van der Waals surface area contributed by atoms with Gasteiger partial charge in [-0.15, -0.1) is 0 Å². The van der Waals surface area contributed by atoms with Crippen molar-refractivity contribution in [3.63, 3.8) is 0 Å². The molecule has 4 atom stereocenters. The Bertz CT molecular complexity index is 1030. The molecule has 4 unspecified atom stereocenters. The van der Waals surface area contributed by atoms with Crippen molar-refractivity contribution in [2.45, 2.75) is 36.8 Å². The normalized spacial score (nSPS) is 25.1. The van der Waals surface area contributed by atoms with E-state index in [1.807, 2.05) is 6.07 Å². The molecule has 0 spiro atoms. The van der Waals surface area contributed by atoms with Crippen LogP contribution in [0.1, 0.15) is 24.0 Å². The predicted molar refractivity (Wildman–Crippen MR) is 119 cm³/mol. The molecule has 3 N–H and O–H groups in total. The molecule has 1 saturated carbocycles. The van der Waals surface area contributed by atoms with Crippen LogP contribution in [0.3, 0.4) is 0 Å². The Balaban J connectivity index is 1.72. The molecule has 8 nitrogen and oxygen atoms in total. The maximum absolute atomic E-state index is 12.3. The molecule has 2 aromatic rings. The van der Waals surface area contributed by atoms with Gasteiger partial charge in [0.15, 0.2) is 0 Å². The van der Waals surface area contributed by atoms with Crippen LogP contribution in [0.2, 0.25) is 0 Å². The van der Waals surface area contributed by atoms with E-state index in [1.54, 1.807) is 54.6 Å². The first kappa shape index (κ1) is 23.9. The predicted octanol–water partition coefficient (Wildman–Crippen LogP) is 2.21. The highest BCUT2D eigenvalue weighted by Crippen LogP contribution is 2.35. The Morgan fingerprint density at radius 2 is 1.33 bits per heavy atom. The number of carboxylic acids is 1. The molecule has 1 fully saturated rings. The third-order valence-corrected chi connectivity index (χ3v) is 5.22. The third-order valence-electron chi connectivity index (χ3n) is 5.22. The van der Waals surface area contributed by atoms with Crippen LogP contribution >= 0.6 is 0 Å². The number of carbonyl (C=O) groups is 3. The van der Waals surface area contributed by atoms with Gasteiger partial charge >= 0.3 is 17.9 Å². The summed E-state index contributed by atoms with van der Waals surface area (Å²) >= 11 is 0. The first-order valence-electron chi connectivity index (χ1n) is 10.3. The zero-order chi connectivity index (χ0) is 23.8. The number of ether oxygens (including phenoxy) is 2. The topological polar surface area (TPSA) is 130 Å². The van der Waals surface area contributed by atoms with E-state index >= 15 is 0 Å². The Hall–Kier alpha value is -3.75. The van der Waals surface area contributed by atoms with Crippen LogP contribution in [-0.4, -0.2) is 57.1 Å². The summed E-state index contributed by atoms with van der Waals surface area (Å²) in [6.07, 6.45) is -0.449. The number of carboxylic acid groups (broad SMARTS) is 1. The number of hydrogen-bond donors (Lipinski definition) is 3. The third kappa shape index (κ3) is 6.38. The zero-order valence-corrected chi connectivity index (χ0v) is 17.6. The highest BCUT2D eigenvalue weighted by molar-refractivity contribution is 5.91. The van der Waals surface area contributed by atoms with Crippen molar-refractivity contribution in [3.8, 4) is 0 Å². The number of rotatable bonds is 7. The van der Waals surface area contributed by atoms with E-state index in [1.165, 1.54) is 12.2 Å². The molecular weight excluding hydrogens is 428 g/mol. The summed E-state index contributed by atoms with van der Waals surface area (Å²) < 4.78 is 10.4. The second kappa shape index (κ2) is 10.7. The van der Waals surface area contributed by atoms with Crippen LogP contribution in [0.4, 0.5) is 0 Å². The van der Waals surface area contributed by atoms with Gasteiger partial charge in [0.25, 0.3) is 0 Å². The quantitative estimate of drug-likeness (QED) is 0.431. The first-order chi connectivity index (χ1) is 15.8. The van der Waals surface area contributed by atoms with E-state index in [4.69, 9.17) is 9.47 Å². The summed E-state index contributed by atoms with van der Waals surface area (Å²) in [6.45, 7) is 0. The summed E-state index contributed by atoms with van der Waals surface area (Å²) in [5.74, 6) is -3.30. The second-order valence-electron chi connectivity index (χ2n) is 7.65. The number of esters is 2. The fraction of sp³-hybridized carbons (Fsp3) is 0.240. The molecule has 0 aliphatic heterocycles. The Kier molecular flexibility index (Phi) is 7.76. The first-order valence-corrected chi connectivity index (χ1v) is 10.3. The smallest absolute Gasteiger partial charge is 0.348 e. The molecule has 1 aliphatic carbocycles. The lowest BCUT2D eigenvalue weighted by Gasteiger charge is -2.41. The maximum Gasteiger partial charge on any atom is 0.348 e. The molecule has 0 bridgehead atoms. The largest absolute Gasteiger partial charge is 0.478 e. The standard InChI is InChI=1S/C25H24O8/c26-19-15-25(24(30)31,33-22(28)14-12-18-9-5-2-6-10-18)16-20(23(19)29)32-21(27)13-11-17-7-3-1-4-8-17/h1-14,19-20,23,26,29H,15-16H2,(H,30,31)/b13-11+,14-12+. The molecule has 2 aromatic carbocycles. The van der Waals surface area contributed by atoms with Crippen LogP contribution in [-0.2, 0) is 23.9 Å². The van der Waals surface area contributed by atoms with Gasteiger partial charge in [0.1, 0.15) is 12.2 Å². The second-order valence-corrected chi connectivity index (χ2v) is 7.65. The summed E-state index contributed by atoms with van der Waals surface area (Å²) in [6, 6.07) is 17.8. The Morgan fingerprint density at radius 3 is 1.85 bits per heavy atom. The summed E-state index contributed by atoms with van der Waals surface area (Å²) in [5, 5.41) is 30.3. The van der Waals surface area contributed by atoms with Gasteiger partial charge in [0.2, 0.25) is 5.60 Å². The minimum Gasteiger partial charge on any atom is -0.478 e.